The molecule has 0 heterocycles. The molecule has 0 unspecified atom stereocenters. The molecule has 3 heteroatoms. The molecule has 0 fully saturated rings. The van der Waals surface area contributed by atoms with Crippen molar-refractivity contribution in [2.24, 2.45) is 0 Å². The average Bonchev–Trinajstić information content (AvgIpc) is 2.52. The van der Waals surface area contributed by atoms with Crippen LogP contribution in [-0.4, -0.2) is 19.9 Å². The maximum atomic E-state index is 11.0. The molecule has 3 nitrogen and oxygen atoms in total. The summed E-state index contributed by atoms with van der Waals surface area (Å²) in [5.74, 6) is 0.812. The van der Waals surface area contributed by atoms with Gasteiger partial charge in [0.1, 0.15) is 12.0 Å². The number of nitrogens with zero attached hydrogens (tertiary/aromatic N) is 1. The molecule has 0 aliphatic carbocycles. The third kappa shape index (κ3) is 3.63. The van der Waals surface area contributed by atoms with Gasteiger partial charge in [-0.3, -0.25) is 4.79 Å². The standard InChI is InChI=1S/C18H21NO2/c1-4-19(17-7-5-6-14(2)10-17)12-16-11-15(13-20)8-9-18(16)21-3/h5-11,13H,4,12H2,1-3H3. The van der Waals surface area contributed by atoms with Crippen molar-refractivity contribution in [3.05, 3.63) is 59.2 Å². The van der Waals surface area contributed by atoms with E-state index in [0.29, 0.717) is 12.1 Å². The van der Waals surface area contributed by atoms with E-state index >= 15 is 0 Å². The van der Waals surface area contributed by atoms with Gasteiger partial charge in [-0.2, -0.15) is 0 Å². The minimum Gasteiger partial charge on any atom is -0.496 e. The lowest BCUT2D eigenvalue weighted by molar-refractivity contribution is 0.112. The Morgan fingerprint density at radius 2 is 2.00 bits per heavy atom. The van der Waals surface area contributed by atoms with E-state index in [1.54, 1.807) is 13.2 Å². The second kappa shape index (κ2) is 6.93. The molecular weight excluding hydrogens is 262 g/mol. The topological polar surface area (TPSA) is 29.5 Å². The smallest absolute Gasteiger partial charge is 0.150 e. The zero-order valence-electron chi connectivity index (χ0n) is 12.8. The Labute approximate surface area is 126 Å². The van der Waals surface area contributed by atoms with Gasteiger partial charge in [0.15, 0.2) is 0 Å². The normalized spacial score (nSPS) is 10.2. The van der Waals surface area contributed by atoms with E-state index in [9.17, 15) is 4.79 Å². The summed E-state index contributed by atoms with van der Waals surface area (Å²) in [5.41, 5.74) is 4.10. The maximum absolute atomic E-state index is 11.0. The second-order valence-electron chi connectivity index (χ2n) is 5.04. The van der Waals surface area contributed by atoms with Crippen LogP contribution in [0.2, 0.25) is 0 Å². The van der Waals surface area contributed by atoms with Crippen LogP contribution < -0.4 is 9.64 Å². The van der Waals surface area contributed by atoms with Crippen molar-refractivity contribution in [2.45, 2.75) is 20.4 Å². The van der Waals surface area contributed by atoms with Gasteiger partial charge in [0.25, 0.3) is 0 Å². The Hall–Kier alpha value is -2.29. The number of carbonyl (C=O) groups is 1. The van der Waals surface area contributed by atoms with Gasteiger partial charge in [0.05, 0.1) is 7.11 Å². The Balaban J connectivity index is 2.31. The van der Waals surface area contributed by atoms with Crippen molar-refractivity contribution < 1.29 is 9.53 Å². The maximum Gasteiger partial charge on any atom is 0.150 e. The zero-order chi connectivity index (χ0) is 15.2. The Morgan fingerprint density at radius 3 is 2.62 bits per heavy atom. The van der Waals surface area contributed by atoms with E-state index in [2.05, 4.69) is 43.0 Å². The molecule has 21 heavy (non-hydrogen) atoms. The van der Waals surface area contributed by atoms with Crippen molar-refractivity contribution in [3.63, 3.8) is 0 Å². The van der Waals surface area contributed by atoms with Crippen molar-refractivity contribution in [2.75, 3.05) is 18.6 Å². The number of anilines is 1. The van der Waals surface area contributed by atoms with Gasteiger partial charge >= 0.3 is 0 Å². The van der Waals surface area contributed by atoms with Crippen LogP contribution in [0, 0.1) is 6.92 Å². The third-order valence-corrected chi connectivity index (χ3v) is 3.55. The summed E-state index contributed by atoms with van der Waals surface area (Å²) < 4.78 is 5.41. The molecule has 0 radical (unpaired) electrons. The highest BCUT2D eigenvalue weighted by Gasteiger charge is 2.10. The fourth-order valence-electron chi connectivity index (χ4n) is 2.41. The number of ether oxygens (including phenoxy) is 1. The van der Waals surface area contributed by atoms with Crippen LogP contribution in [0.15, 0.2) is 42.5 Å². The molecule has 0 aromatic heterocycles. The zero-order valence-corrected chi connectivity index (χ0v) is 12.8. The van der Waals surface area contributed by atoms with Crippen molar-refractivity contribution in [1.29, 1.82) is 0 Å². The molecule has 0 N–H and O–H groups in total. The summed E-state index contributed by atoms with van der Waals surface area (Å²) in [5, 5.41) is 0. The number of aryl methyl sites for hydroxylation is 1. The minimum atomic E-state index is 0.672. The first-order valence-corrected chi connectivity index (χ1v) is 7.11. The Bertz CT molecular complexity index is 622. The molecule has 0 aliphatic heterocycles. The van der Waals surface area contributed by atoms with E-state index in [1.165, 1.54) is 11.3 Å². The highest BCUT2D eigenvalue weighted by Crippen LogP contribution is 2.24. The molecule has 0 spiro atoms. The number of benzene rings is 2. The van der Waals surface area contributed by atoms with Crippen LogP contribution >= 0.6 is 0 Å². The van der Waals surface area contributed by atoms with Crippen LogP contribution in [0.5, 0.6) is 5.75 Å². The van der Waals surface area contributed by atoms with E-state index < -0.39 is 0 Å². The highest BCUT2D eigenvalue weighted by atomic mass is 16.5. The quantitative estimate of drug-likeness (QED) is 0.754. The first-order valence-electron chi connectivity index (χ1n) is 7.11. The summed E-state index contributed by atoms with van der Waals surface area (Å²) in [6, 6.07) is 13.9. The summed E-state index contributed by atoms with van der Waals surface area (Å²) >= 11 is 0. The van der Waals surface area contributed by atoms with Gasteiger partial charge < -0.3 is 9.64 Å². The largest absolute Gasteiger partial charge is 0.496 e. The van der Waals surface area contributed by atoms with Gasteiger partial charge in [-0.1, -0.05) is 12.1 Å². The number of hydrogen-bond acceptors (Lipinski definition) is 3. The lowest BCUT2D eigenvalue weighted by Crippen LogP contribution is -2.22. The molecule has 110 valence electrons. The van der Waals surface area contributed by atoms with Crippen molar-refractivity contribution >= 4 is 12.0 Å². The van der Waals surface area contributed by atoms with Crippen molar-refractivity contribution in [1.82, 2.24) is 0 Å². The molecule has 2 aromatic rings. The van der Waals surface area contributed by atoms with Crippen LogP contribution in [0.4, 0.5) is 5.69 Å². The Morgan fingerprint density at radius 1 is 1.19 bits per heavy atom. The molecule has 2 aromatic carbocycles. The van der Waals surface area contributed by atoms with Gasteiger partial charge in [0, 0.05) is 29.9 Å². The SMILES string of the molecule is CCN(Cc1cc(C=O)ccc1OC)c1cccc(C)c1. The van der Waals surface area contributed by atoms with Crippen LogP contribution in [0.1, 0.15) is 28.4 Å². The van der Waals surface area contributed by atoms with E-state index in [0.717, 1.165) is 24.1 Å². The second-order valence-corrected chi connectivity index (χ2v) is 5.04. The summed E-state index contributed by atoms with van der Waals surface area (Å²) in [7, 11) is 1.66. The van der Waals surface area contributed by atoms with Crippen LogP contribution in [0.3, 0.4) is 0 Å². The summed E-state index contributed by atoms with van der Waals surface area (Å²) in [6.45, 7) is 5.81. The van der Waals surface area contributed by atoms with Crippen LogP contribution in [0.25, 0.3) is 0 Å². The first-order chi connectivity index (χ1) is 10.2. The van der Waals surface area contributed by atoms with Gasteiger partial charge in [0.2, 0.25) is 0 Å². The minimum absolute atomic E-state index is 0.672. The Kier molecular flexibility index (Phi) is 4.99. The molecule has 0 saturated carbocycles. The predicted molar refractivity (Wildman–Crippen MR) is 86.3 cm³/mol. The summed E-state index contributed by atoms with van der Waals surface area (Å²) in [6.07, 6.45) is 0.867. The fraction of sp³-hybridized carbons (Fsp3) is 0.278. The molecule has 0 amide bonds. The highest BCUT2D eigenvalue weighted by molar-refractivity contribution is 5.75. The molecule has 0 aliphatic rings. The van der Waals surface area contributed by atoms with Gasteiger partial charge in [-0.25, -0.2) is 0 Å². The molecule has 0 atom stereocenters. The number of aldehydes is 1. The predicted octanol–water partition coefficient (Wildman–Crippen LogP) is 3.84. The number of hydrogen-bond donors (Lipinski definition) is 0. The van der Waals surface area contributed by atoms with Crippen molar-refractivity contribution in [3.8, 4) is 5.75 Å². The monoisotopic (exact) mass is 283 g/mol. The molecule has 0 bridgehead atoms. The molecule has 2 rings (SSSR count). The number of rotatable bonds is 6. The van der Waals surface area contributed by atoms with E-state index in [-0.39, 0.29) is 0 Å². The first kappa shape index (κ1) is 15.1. The molecular formula is C18H21NO2. The summed E-state index contributed by atoms with van der Waals surface area (Å²) in [4.78, 5) is 13.2. The van der Waals surface area contributed by atoms with Gasteiger partial charge in [-0.15, -0.1) is 0 Å². The van der Waals surface area contributed by atoms with E-state index in [4.69, 9.17) is 4.74 Å². The number of methoxy groups -OCH3 is 1. The van der Waals surface area contributed by atoms with Gasteiger partial charge in [-0.05, 0) is 49.7 Å². The third-order valence-electron chi connectivity index (χ3n) is 3.55. The van der Waals surface area contributed by atoms with Crippen LogP contribution in [-0.2, 0) is 6.54 Å². The fourth-order valence-corrected chi connectivity index (χ4v) is 2.41. The lowest BCUT2D eigenvalue weighted by atomic mass is 10.1. The lowest BCUT2D eigenvalue weighted by Gasteiger charge is -2.24. The molecule has 0 saturated heterocycles. The van der Waals surface area contributed by atoms with E-state index in [1.807, 2.05) is 12.1 Å². The number of carbonyl (C=O) groups excluding carboxylic acids is 1. The average molecular weight is 283 g/mol.